The van der Waals surface area contributed by atoms with Gasteiger partial charge in [-0.2, -0.15) is 0 Å². The Hall–Kier alpha value is -1.42. The van der Waals surface area contributed by atoms with Gasteiger partial charge >= 0.3 is 5.97 Å². The second kappa shape index (κ2) is 8.70. The molecule has 5 heteroatoms. The van der Waals surface area contributed by atoms with Crippen LogP contribution in [0.15, 0.2) is 28.8 Å². The summed E-state index contributed by atoms with van der Waals surface area (Å²) in [6.45, 7) is 3.47. The highest BCUT2D eigenvalue weighted by Gasteiger charge is 2.08. The first-order valence-corrected chi connectivity index (χ1v) is 5.60. The third kappa shape index (κ3) is 7.47. The van der Waals surface area contributed by atoms with Gasteiger partial charge < -0.3 is 5.11 Å². The lowest BCUT2D eigenvalue weighted by atomic mass is 10.1. The summed E-state index contributed by atoms with van der Waals surface area (Å²) in [6.07, 6.45) is 4.24. The molecule has 0 aromatic rings. The summed E-state index contributed by atoms with van der Waals surface area (Å²) in [7, 11) is 1.51. The molecule has 0 aromatic heterocycles. The van der Waals surface area contributed by atoms with E-state index in [1.165, 1.54) is 19.2 Å². The maximum atomic E-state index is 11.7. The van der Waals surface area contributed by atoms with E-state index in [4.69, 9.17) is 16.7 Å². The topological polar surface area (TPSA) is 66.7 Å². The van der Waals surface area contributed by atoms with Gasteiger partial charge in [0.15, 0.2) is 5.78 Å². The summed E-state index contributed by atoms with van der Waals surface area (Å²) in [5.41, 5.74) is 0.283. The first-order valence-electron chi connectivity index (χ1n) is 5.22. The highest BCUT2D eigenvalue weighted by molar-refractivity contribution is 6.46. The summed E-state index contributed by atoms with van der Waals surface area (Å²) in [6, 6.07) is 0. The van der Waals surface area contributed by atoms with E-state index in [1.807, 2.05) is 0 Å². The van der Waals surface area contributed by atoms with Crippen LogP contribution in [0.1, 0.15) is 25.7 Å². The smallest absolute Gasteiger partial charge is 0.303 e. The van der Waals surface area contributed by atoms with E-state index in [1.54, 1.807) is 0 Å². The fourth-order valence-electron chi connectivity index (χ4n) is 1.15. The number of hydrogen-bond acceptors (Lipinski definition) is 3. The lowest BCUT2D eigenvalue weighted by molar-refractivity contribution is -0.137. The Kier molecular flexibility index (Phi) is 7.97. The second-order valence-electron chi connectivity index (χ2n) is 3.37. The predicted molar refractivity (Wildman–Crippen MR) is 68.6 cm³/mol. The lowest BCUT2D eigenvalue weighted by Crippen LogP contribution is -2.11. The van der Waals surface area contributed by atoms with Crippen molar-refractivity contribution in [2.45, 2.75) is 25.7 Å². The molecule has 0 saturated carbocycles. The molecular formula is C12H16ClNO3. The van der Waals surface area contributed by atoms with E-state index in [0.717, 1.165) is 0 Å². The van der Waals surface area contributed by atoms with E-state index >= 15 is 0 Å². The van der Waals surface area contributed by atoms with Crippen LogP contribution in [0.3, 0.4) is 0 Å². The average molecular weight is 258 g/mol. The molecule has 0 amide bonds. The van der Waals surface area contributed by atoms with Crippen molar-refractivity contribution in [3.8, 4) is 0 Å². The van der Waals surface area contributed by atoms with Crippen LogP contribution in [0.5, 0.6) is 0 Å². The zero-order chi connectivity index (χ0) is 13.3. The minimum Gasteiger partial charge on any atom is -0.481 e. The number of hydrogen-bond donors (Lipinski definition) is 1. The van der Waals surface area contributed by atoms with E-state index in [9.17, 15) is 9.59 Å². The Morgan fingerprint density at radius 3 is 2.41 bits per heavy atom. The van der Waals surface area contributed by atoms with Crippen molar-refractivity contribution in [2.75, 3.05) is 7.05 Å². The predicted octanol–water partition coefficient (Wildman–Crippen LogP) is 2.58. The Labute approximate surface area is 106 Å². The molecule has 0 aliphatic carbocycles. The fourth-order valence-corrected chi connectivity index (χ4v) is 1.25. The van der Waals surface area contributed by atoms with Gasteiger partial charge in [-0.05, 0) is 18.9 Å². The Balaban J connectivity index is 4.20. The molecule has 0 fully saturated rings. The number of aliphatic carboxylic acids is 1. The quantitative estimate of drug-likeness (QED) is 0.413. The summed E-state index contributed by atoms with van der Waals surface area (Å²) >= 11 is 5.72. The van der Waals surface area contributed by atoms with Crippen LogP contribution < -0.4 is 0 Å². The zero-order valence-electron chi connectivity index (χ0n) is 9.78. The van der Waals surface area contributed by atoms with Crippen molar-refractivity contribution in [1.29, 1.82) is 0 Å². The number of rotatable bonds is 8. The van der Waals surface area contributed by atoms with Gasteiger partial charge in [0.05, 0.1) is 0 Å². The third-order valence-electron chi connectivity index (χ3n) is 2.04. The zero-order valence-corrected chi connectivity index (χ0v) is 10.5. The summed E-state index contributed by atoms with van der Waals surface area (Å²) in [5, 5.41) is 8.79. The molecule has 1 N–H and O–H groups in total. The third-order valence-corrected chi connectivity index (χ3v) is 2.30. The molecule has 0 spiro atoms. The van der Waals surface area contributed by atoms with Gasteiger partial charge in [-0.15, -0.1) is 0 Å². The maximum absolute atomic E-state index is 11.7. The van der Waals surface area contributed by atoms with Crippen molar-refractivity contribution >= 4 is 29.1 Å². The number of nitrogens with zero attached hydrogens (tertiary/aromatic N) is 1. The minimum absolute atomic E-state index is 0.0785. The normalized spacial score (nSPS) is 12.4. The van der Waals surface area contributed by atoms with Gasteiger partial charge in [0, 0.05) is 24.9 Å². The van der Waals surface area contributed by atoms with Crippen LogP contribution >= 0.6 is 11.6 Å². The molecule has 0 atom stereocenters. The van der Waals surface area contributed by atoms with Crippen LogP contribution in [-0.2, 0) is 9.59 Å². The van der Waals surface area contributed by atoms with Crippen LogP contribution in [0.4, 0.5) is 0 Å². The highest BCUT2D eigenvalue weighted by Crippen LogP contribution is 2.06. The van der Waals surface area contributed by atoms with Crippen molar-refractivity contribution < 1.29 is 14.7 Å². The molecule has 0 rings (SSSR count). The second-order valence-corrected chi connectivity index (χ2v) is 3.80. The first kappa shape index (κ1) is 15.6. The maximum Gasteiger partial charge on any atom is 0.303 e. The van der Waals surface area contributed by atoms with E-state index in [-0.39, 0.29) is 24.3 Å². The van der Waals surface area contributed by atoms with Gasteiger partial charge in [-0.3, -0.25) is 14.6 Å². The van der Waals surface area contributed by atoms with Gasteiger partial charge in [0.1, 0.15) is 5.71 Å². The standard InChI is InChI=1S/C12H16ClNO3/c1-3-9(13)8-10(14-2)11(15)6-4-5-7-12(16)17/h3,8H,1,4-7H2,2H3,(H,16,17)/b9-8+,14-10?. The molecule has 4 nitrogen and oxygen atoms in total. The number of unbranched alkanes of at least 4 members (excludes halogenated alkanes) is 1. The Bertz CT molecular complexity index is 359. The van der Waals surface area contributed by atoms with Crippen molar-refractivity contribution in [1.82, 2.24) is 0 Å². The molecular weight excluding hydrogens is 242 g/mol. The van der Waals surface area contributed by atoms with Crippen LogP contribution in [0.25, 0.3) is 0 Å². The van der Waals surface area contributed by atoms with Crippen LogP contribution in [-0.4, -0.2) is 29.6 Å². The molecule has 0 aromatic carbocycles. The van der Waals surface area contributed by atoms with E-state index in [0.29, 0.717) is 17.9 Å². The molecule has 94 valence electrons. The highest BCUT2D eigenvalue weighted by atomic mass is 35.5. The summed E-state index contributed by atoms with van der Waals surface area (Å²) in [5.74, 6) is -0.991. The number of carbonyl (C=O) groups excluding carboxylic acids is 1. The largest absolute Gasteiger partial charge is 0.481 e. The first-order chi connectivity index (χ1) is 8.01. The molecule has 0 saturated heterocycles. The number of halogens is 1. The SMILES string of the molecule is C=C/C(Cl)=C\C(=NC)C(=O)CCCCC(=O)O. The molecule has 0 bridgehead atoms. The molecule has 0 unspecified atom stereocenters. The van der Waals surface area contributed by atoms with Gasteiger partial charge in [0.2, 0.25) is 0 Å². The molecule has 0 heterocycles. The Morgan fingerprint density at radius 1 is 1.35 bits per heavy atom. The van der Waals surface area contributed by atoms with Crippen LogP contribution in [0.2, 0.25) is 0 Å². The Morgan fingerprint density at radius 2 is 1.94 bits per heavy atom. The molecule has 0 aliphatic rings. The molecule has 17 heavy (non-hydrogen) atoms. The van der Waals surface area contributed by atoms with Gasteiger partial charge in [0.25, 0.3) is 0 Å². The monoisotopic (exact) mass is 257 g/mol. The summed E-state index contributed by atoms with van der Waals surface area (Å²) in [4.78, 5) is 25.8. The number of carboxylic acid groups (broad SMARTS) is 1. The number of ketones is 1. The van der Waals surface area contributed by atoms with Crippen molar-refractivity contribution in [3.63, 3.8) is 0 Å². The number of carboxylic acids is 1. The van der Waals surface area contributed by atoms with Crippen molar-refractivity contribution in [2.24, 2.45) is 4.99 Å². The van der Waals surface area contributed by atoms with Crippen molar-refractivity contribution in [3.05, 3.63) is 23.8 Å². The minimum atomic E-state index is -0.851. The summed E-state index contributed by atoms with van der Waals surface area (Å²) < 4.78 is 0. The van der Waals surface area contributed by atoms with Gasteiger partial charge in [-0.1, -0.05) is 24.3 Å². The fraction of sp³-hybridized carbons (Fsp3) is 0.417. The molecule has 0 radical (unpaired) electrons. The van der Waals surface area contributed by atoms with E-state index in [2.05, 4.69) is 11.6 Å². The lowest BCUT2D eigenvalue weighted by Gasteiger charge is -2.00. The van der Waals surface area contributed by atoms with Gasteiger partial charge in [-0.25, -0.2) is 0 Å². The van der Waals surface area contributed by atoms with E-state index < -0.39 is 5.97 Å². The number of carbonyl (C=O) groups is 2. The molecule has 0 aliphatic heterocycles. The van der Waals surface area contributed by atoms with Crippen LogP contribution in [0, 0.1) is 0 Å². The number of Topliss-reactive ketones (excluding diaryl/α,β-unsaturated/α-hetero) is 1. The average Bonchev–Trinajstić information content (AvgIpc) is 2.30. The number of allylic oxidation sites excluding steroid dienone is 3. The number of aliphatic imine (C=N–C) groups is 1.